The fourth-order valence-electron chi connectivity index (χ4n) is 1.46. The maximum atomic E-state index is 11.5. The van der Waals surface area contributed by atoms with Crippen molar-refractivity contribution in [1.29, 1.82) is 0 Å². The van der Waals surface area contributed by atoms with Crippen molar-refractivity contribution in [3.8, 4) is 0 Å². The minimum absolute atomic E-state index is 0.107. The predicted octanol–water partition coefficient (Wildman–Crippen LogP) is 1.67. The van der Waals surface area contributed by atoms with Crippen LogP contribution in [-0.4, -0.2) is 9.97 Å². The highest BCUT2D eigenvalue weighted by Crippen LogP contribution is 2.03. The van der Waals surface area contributed by atoms with Crippen LogP contribution in [0.3, 0.4) is 0 Å². The summed E-state index contributed by atoms with van der Waals surface area (Å²) in [6.45, 7) is 1.87. The van der Waals surface area contributed by atoms with E-state index in [-0.39, 0.29) is 5.56 Å². The third kappa shape index (κ3) is 2.31. The van der Waals surface area contributed by atoms with Gasteiger partial charge in [0.05, 0.1) is 5.69 Å². The average Bonchev–Trinajstić information content (AvgIpc) is 2.25. The van der Waals surface area contributed by atoms with E-state index in [9.17, 15) is 4.79 Å². The van der Waals surface area contributed by atoms with Crippen LogP contribution in [0.5, 0.6) is 0 Å². The van der Waals surface area contributed by atoms with Gasteiger partial charge in [0, 0.05) is 12.6 Å². The van der Waals surface area contributed by atoms with Crippen molar-refractivity contribution in [1.82, 2.24) is 9.97 Å². The van der Waals surface area contributed by atoms with Gasteiger partial charge in [0.15, 0.2) is 0 Å². The molecule has 0 radical (unpaired) electrons. The third-order valence-electron chi connectivity index (χ3n) is 2.20. The van der Waals surface area contributed by atoms with Crippen molar-refractivity contribution in [2.24, 2.45) is 0 Å². The highest BCUT2D eigenvalue weighted by atomic mass is 16.1. The Kier molecular flexibility index (Phi) is 2.63. The van der Waals surface area contributed by atoms with Gasteiger partial charge in [-0.25, -0.2) is 0 Å². The van der Waals surface area contributed by atoms with E-state index in [4.69, 9.17) is 0 Å². The molecule has 0 saturated carbocycles. The van der Waals surface area contributed by atoms with Gasteiger partial charge in [0.25, 0.3) is 5.56 Å². The van der Waals surface area contributed by atoms with E-state index in [1.54, 1.807) is 6.20 Å². The maximum Gasteiger partial charge on any atom is 0.269 e. The topological polar surface area (TPSA) is 45.8 Å². The van der Waals surface area contributed by atoms with E-state index in [0.717, 1.165) is 11.3 Å². The smallest absolute Gasteiger partial charge is 0.269 e. The Labute approximate surface area is 87.8 Å². The monoisotopic (exact) mass is 200 g/mol. The Morgan fingerprint density at radius 2 is 2.00 bits per heavy atom. The van der Waals surface area contributed by atoms with E-state index in [2.05, 4.69) is 9.97 Å². The summed E-state index contributed by atoms with van der Waals surface area (Å²) in [7, 11) is 0. The van der Waals surface area contributed by atoms with Crippen molar-refractivity contribution < 1.29 is 0 Å². The molecule has 76 valence electrons. The van der Waals surface area contributed by atoms with Gasteiger partial charge in [-0.05, 0) is 12.5 Å². The summed E-state index contributed by atoms with van der Waals surface area (Å²) < 4.78 is 0. The van der Waals surface area contributed by atoms with Gasteiger partial charge in [-0.2, -0.15) is 0 Å². The fraction of sp³-hybridized carbons (Fsp3) is 0.167. The Balaban J connectivity index is 2.32. The summed E-state index contributed by atoms with van der Waals surface area (Å²) in [5.41, 5.74) is 2.40. The van der Waals surface area contributed by atoms with Crippen LogP contribution in [-0.2, 0) is 6.42 Å². The molecule has 0 fully saturated rings. The first-order chi connectivity index (χ1) is 7.25. The number of aromatic amines is 1. The molecule has 3 nitrogen and oxygen atoms in total. The van der Waals surface area contributed by atoms with E-state index in [1.807, 2.05) is 37.3 Å². The van der Waals surface area contributed by atoms with E-state index in [0.29, 0.717) is 12.1 Å². The van der Waals surface area contributed by atoms with Gasteiger partial charge in [0.2, 0.25) is 0 Å². The van der Waals surface area contributed by atoms with E-state index in [1.165, 1.54) is 0 Å². The molecule has 1 aromatic carbocycles. The summed E-state index contributed by atoms with van der Waals surface area (Å²) in [6.07, 6.45) is 2.20. The molecule has 2 aromatic rings. The molecule has 2 rings (SSSR count). The van der Waals surface area contributed by atoms with E-state index >= 15 is 0 Å². The minimum atomic E-state index is -0.107. The summed E-state index contributed by atoms with van der Waals surface area (Å²) >= 11 is 0. The maximum absolute atomic E-state index is 11.5. The van der Waals surface area contributed by atoms with Crippen LogP contribution < -0.4 is 5.56 Å². The molecule has 0 amide bonds. The van der Waals surface area contributed by atoms with Crippen molar-refractivity contribution in [3.63, 3.8) is 0 Å². The lowest BCUT2D eigenvalue weighted by molar-refractivity contribution is 0.957. The Bertz CT molecular complexity index is 503. The minimum Gasteiger partial charge on any atom is -0.326 e. The summed E-state index contributed by atoms with van der Waals surface area (Å²) in [5.74, 6) is 0. The molecule has 1 aromatic heterocycles. The Morgan fingerprint density at radius 3 is 2.73 bits per heavy atom. The number of hydrogen-bond acceptors (Lipinski definition) is 2. The van der Waals surface area contributed by atoms with E-state index < -0.39 is 0 Å². The molecule has 0 unspecified atom stereocenters. The second-order valence-corrected chi connectivity index (χ2v) is 3.48. The normalized spacial score (nSPS) is 10.2. The van der Waals surface area contributed by atoms with Gasteiger partial charge in [0.1, 0.15) is 5.69 Å². The molecule has 0 spiro atoms. The standard InChI is InChI=1S/C12H12N2O/c1-9-8-13-12(15)11(14-9)7-10-5-3-2-4-6-10/h2-6,8H,7H2,1H3,(H,13,15). The van der Waals surface area contributed by atoms with Crippen LogP contribution in [0.1, 0.15) is 17.0 Å². The first-order valence-electron chi connectivity index (χ1n) is 4.85. The second-order valence-electron chi connectivity index (χ2n) is 3.48. The zero-order valence-corrected chi connectivity index (χ0v) is 8.53. The largest absolute Gasteiger partial charge is 0.326 e. The van der Waals surface area contributed by atoms with Gasteiger partial charge < -0.3 is 4.98 Å². The number of aromatic nitrogens is 2. The Hall–Kier alpha value is -1.90. The van der Waals surface area contributed by atoms with Crippen molar-refractivity contribution in [2.45, 2.75) is 13.3 Å². The lowest BCUT2D eigenvalue weighted by atomic mass is 10.1. The fourth-order valence-corrected chi connectivity index (χ4v) is 1.46. The van der Waals surface area contributed by atoms with Crippen molar-refractivity contribution in [3.05, 3.63) is 63.8 Å². The molecule has 0 bridgehead atoms. The highest BCUT2D eigenvalue weighted by Gasteiger charge is 2.02. The van der Waals surface area contributed by atoms with Gasteiger partial charge in [-0.3, -0.25) is 9.78 Å². The predicted molar refractivity (Wildman–Crippen MR) is 58.8 cm³/mol. The molecule has 0 saturated heterocycles. The zero-order chi connectivity index (χ0) is 10.7. The summed E-state index contributed by atoms with van der Waals surface area (Å²) in [5, 5.41) is 0. The van der Waals surface area contributed by atoms with Gasteiger partial charge >= 0.3 is 0 Å². The quantitative estimate of drug-likeness (QED) is 0.801. The van der Waals surface area contributed by atoms with Crippen LogP contribution in [0.25, 0.3) is 0 Å². The molecule has 0 aliphatic carbocycles. The Morgan fingerprint density at radius 1 is 1.27 bits per heavy atom. The molecule has 1 heterocycles. The number of rotatable bonds is 2. The van der Waals surface area contributed by atoms with Crippen LogP contribution in [0, 0.1) is 6.92 Å². The number of nitrogens with one attached hydrogen (secondary N) is 1. The van der Waals surface area contributed by atoms with Gasteiger partial charge in [-0.15, -0.1) is 0 Å². The van der Waals surface area contributed by atoms with Crippen LogP contribution in [0.4, 0.5) is 0 Å². The summed E-state index contributed by atoms with van der Waals surface area (Å²) in [4.78, 5) is 18.4. The number of H-pyrrole nitrogens is 1. The molecule has 0 aliphatic heterocycles. The number of aryl methyl sites for hydroxylation is 1. The second kappa shape index (κ2) is 4.09. The summed E-state index contributed by atoms with van der Waals surface area (Å²) in [6, 6.07) is 9.85. The van der Waals surface area contributed by atoms with Crippen LogP contribution >= 0.6 is 0 Å². The molecule has 0 atom stereocenters. The van der Waals surface area contributed by atoms with Crippen LogP contribution in [0.2, 0.25) is 0 Å². The number of benzene rings is 1. The molecule has 0 aliphatic rings. The highest BCUT2D eigenvalue weighted by molar-refractivity contribution is 5.20. The van der Waals surface area contributed by atoms with Crippen molar-refractivity contribution >= 4 is 0 Å². The first-order valence-corrected chi connectivity index (χ1v) is 4.85. The molecule has 1 N–H and O–H groups in total. The van der Waals surface area contributed by atoms with Crippen LogP contribution in [0.15, 0.2) is 41.3 Å². The lowest BCUT2D eigenvalue weighted by Crippen LogP contribution is -2.15. The number of hydrogen-bond donors (Lipinski definition) is 1. The zero-order valence-electron chi connectivity index (χ0n) is 8.53. The van der Waals surface area contributed by atoms with Gasteiger partial charge in [-0.1, -0.05) is 30.3 Å². The molecular formula is C12H12N2O. The molecule has 3 heteroatoms. The van der Waals surface area contributed by atoms with Crippen molar-refractivity contribution in [2.75, 3.05) is 0 Å². The number of nitrogens with zero attached hydrogens (tertiary/aromatic N) is 1. The first kappa shape index (κ1) is 9.65. The molecule has 15 heavy (non-hydrogen) atoms. The average molecular weight is 200 g/mol. The lowest BCUT2D eigenvalue weighted by Gasteiger charge is -2.00. The SMILES string of the molecule is Cc1c[nH]c(=O)c(Cc2ccccc2)n1. The molecular weight excluding hydrogens is 188 g/mol. The third-order valence-corrected chi connectivity index (χ3v) is 2.20.